The van der Waals surface area contributed by atoms with Gasteiger partial charge in [-0.2, -0.15) is 0 Å². The van der Waals surface area contributed by atoms with Gasteiger partial charge in [-0.3, -0.25) is 9.59 Å². The van der Waals surface area contributed by atoms with Crippen LogP contribution in [0.5, 0.6) is 0 Å². The molecule has 1 aromatic rings. The number of benzene rings is 1. The van der Waals surface area contributed by atoms with E-state index in [1.165, 1.54) is 0 Å². The lowest BCUT2D eigenvalue weighted by Gasteiger charge is -2.31. The third kappa shape index (κ3) is 2.50. The molecule has 2 unspecified atom stereocenters. The quantitative estimate of drug-likeness (QED) is 0.930. The number of carboxylic acids is 1. The van der Waals surface area contributed by atoms with E-state index in [-0.39, 0.29) is 18.4 Å². The number of hydrogen-bond acceptors (Lipinski definition) is 2. The fraction of sp³-hybridized carbons (Fsp3) is 0.429. The first-order valence-electron chi connectivity index (χ1n) is 6.32. The summed E-state index contributed by atoms with van der Waals surface area (Å²) in [6.45, 7) is 3.71. The van der Waals surface area contributed by atoms with Gasteiger partial charge < -0.3 is 10.0 Å². The van der Waals surface area contributed by atoms with Crippen LogP contribution in [-0.4, -0.2) is 27.9 Å². The van der Waals surface area contributed by atoms with Gasteiger partial charge in [0.05, 0.1) is 22.0 Å². The summed E-state index contributed by atoms with van der Waals surface area (Å²) in [5, 5.41) is 10.0. The molecule has 1 aromatic carbocycles. The zero-order valence-corrected chi connectivity index (χ0v) is 12.6. The molecule has 1 aliphatic rings. The second kappa shape index (κ2) is 5.62. The van der Waals surface area contributed by atoms with Crippen molar-refractivity contribution in [2.75, 3.05) is 0 Å². The first-order valence-corrected chi connectivity index (χ1v) is 7.08. The second-order valence-corrected chi connectivity index (χ2v) is 5.92. The average molecular weight is 316 g/mol. The standard InChI is InChI=1S/C14H15Cl2NO3/c1-7(2)17-11(18)6-9(14(19)20)13(17)8-4-3-5-10(15)12(8)16/h3-5,7,9,13H,6H2,1-2H3,(H,19,20). The largest absolute Gasteiger partial charge is 0.481 e. The van der Waals surface area contributed by atoms with Crippen molar-refractivity contribution in [1.82, 2.24) is 4.90 Å². The van der Waals surface area contributed by atoms with Gasteiger partial charge in [0.2, 0.25) is 5.91 Å². The summed E-state index contributed by atoms with van der Waals surface area (Å²) in [7, 11) is 0. The summed E-state index contributed by atoms with van der Waals surface area (Å²) in [6, 6.07) is 4.39. The first kappa shape index (κ1) is 15.1. The van der Waals surface area contributed by atoms with Crippen LogP contribution in [0.1, 0.15) is 31.9 Å². The molecule has 20 heavy (non-hydrogen) atoms. The van der Waals surface area contributed by atoms with Gasteiger partial charge in [0.15, 0.2) is 0 Å². The number of carbonyl (C=O) groups is 2. The van der Waals surface area contributed by atoms with E-state index in [0.717, 1.165) is 0 Å². The summed E-state index contributed by atoms with van der Waals surface area (Å²) in [6.07, 6.45) is -0.0129. The van der Waals surface area contributed by atoms with Crippen molar-refractivity contribution in [1.29, 1.82) is 0 Å². The Balaban J connectivity index is 2.55. The number of rotatable bonds is 3. The molecule has 4 nitrogen and oxygen atoms in total. The van der Waals surface area contributed by atoms with Crippen molar-refractivity contribution in [3.05, 3.63) is 33.8 Å². The Bertz CT molecular complexity index is 559. The third-order valence-corrected chi connectivity index (χ3v) is 4.37. The highest BCUT2D eigenvalue weighted by Crippen LogP contribution is 2.43. The fourth-order valence-corrected chi connectivity index (χ4v) is 3.12. The van der Waals surface area contributed by atoms with Crippen LogP contribution in [0.3, 0.4) is 0 Å². The number of aliphatic carboxylic acids is 1. The van der Waals surface area contributed by atoms with E-state index in [1.54, 1.807) is 23.1 Å². The van der Waals surface area contributed by atoms with Crippen LogP contribution < -0.4 is 0 Å². The Hall–Kier alpha value is -1.26. The molecule has 1 saturated heterocycles. The second-order valence-electron chi connectivity index (χ2n) is 5.13. The molecule has 0 bridgehead atoms. The van der Waals surface area contributed by atoms with E-state index in [1.807, 2.05) is 13.8 Å². The van der Waals surface area contributed by atoms with Crippen LogP contribution in [0.4, 0.5) is 0 Å². The van der Waals surface area contributed by atoms with Gasteiger partial charge in [-0.25, -0.2) is 0 Å². The summed E-state index contributed by atoms with van der Waals surface area (Å²) < 4.78 is 0. The SMILES string of the molecule is CC(C)N1C(=O)CC(C(=O)O)C1c1cccc(Cl)c1Cl. The Morgan fingerprint density at radius 2 is 2.05 bits per heavy atom. The van der Waals surface area contributed by atoms with Crippen LogP contribution >= 0.6 is 23.2 Å². The maximum Gasteiger partial charge on any atom is 0.309 e. The maximum atomic E-state index is 12.1. The van der Waals surface area contributed by atoms with Crippen molar-refractivity contribution in [3.63, 3.8) is 0 Å². The van der Waals surface area contributed by atoms with Crippen LogP contribution in [-0.2, 0) is 9.59 Å². The summed E-state index contributed by atoms with van der Waals surface area (Å²) in [4.78, 5) is 25.1. The molecule has 2 rings (SSSR count). The van der Waals surface area contributed by atoms with Crippen LogP contribution in [0, 0.1) is 5.92 Å². The van der Waals surface area contributed by atoms with Gasteiger partial charge in [-0.1, -0.05) is 35.3 Å². The lowest BCUT2D eigenvalue weighted by molar-refractivity contribution is -0.142. The number of carboxylic acid groups (broad SMARTS) is 1. The molecule has 1 amide bonds. The van der Waals surface area contributed by atoms with Crippen LogP contribution in [0.15, 0.2) is 18.2 Å². The van der Waals surface area contributed by atoms with Gasteiger partial charge in [0.25, 0.3) is 0 Å². The van der Waals surface area contributed by atoms with Gasteiger partial charge in [0.1, 0.15) is 0 Å². The summed E-state index contributed by atoms with van der Waals surface area (Å²) in [5.74, 6) is -1.98. The monoisotopic (exact) mass is 315 g/mol. The zero-order valence-electron chi connectivity index (χ0n) is 11.1. The van der Waals surface area contributed by atoms with E-state index in [2.05, 4.69) is 0 Å². The Morgan fingerprint density at radius 3 is 2.60 bits per heavy atom. The molecule has 0 aromatic heterocycles. The Morgan fingerprint density at radius 1 is 1.40 bits per heavy atom. The Kier molecular flexibility index (Phi) is 4.25. The predicted molar refractivity (Wildman–Crippen MR) is 76.9 cm³/mol. The highest BCUT2D eigenvalue weighted by atomic mass is 35.5. The van der Waals surface area contributed by atoms with Crippen molar-refractivity contribution < 1.29 is 14.7 Å². The number of carbonyl (C=O) groups excluding carboxylic acids is 1. The number of amides is 1. The molecule has 1 aliphatic heterocycles. The number of likely N-dealkylation sites (tertiary alicyclic amines) is 1. The minimum atomic E-state index is -0.998. The molecule has 1 N–H and O–H groups in total. The normalized spacial score (nSPS) is 22.6. The molecule has 1 heterocycles. The van der Waals surface area contributed by atoms with E-state index in [9.17, 15) is 14.7 Å². The molecule has 0 saturated carbocycles. The minimum absolute atomic E-state index is 0.0129. The number of hydrogen-bond donors (Lipinski definition) is 1. The van der Waals surface area contributed by atoms with E-state index in [4.69, 9.17) is 23.2 Å². The smallest absolute Gasteiger partial charge is 0.309 e. The molecular formula is C14H15Cl2NO3. The molecule has 6 heteroatoms. The number of halogens is 2. The van der Waals surface area contributed by atoms with Crippen molar-refractivity contribution in [3.8, 4) is 0 Å². The zero-order chi connectivity index (χ0) is 15.0. The summed E-state index contributed by atoms with van der Waals surface area (Å²) >= 11 is 12.2. The fourth-order valence-electron chi connectivity index (χ4n) is 2.70. The van der Waals surface area contributed by atoms with Gasteiger partial charge in [-0.05, 0) is 25.5 Å². The first-order chi connectivity index (χ1) is 9.34. The van der Waals surface area contributed by atoms with Crippen molar-refractivity contribution >= 4 is 35.1 Å². The van der Waals surface area contributed by atoms with Crippen LogP contribution in [0.2, 0.25) is 10.0 Å². The molecule has 2 atom stereocenters. The summed E-state index contributed by atoms with van der Waals surface area (Å²) in [5.41, 5.74) is 0.589. The highest BCUT2D eigenvalue weighted by molar-refractivity contribution is 6.42. The van der Waals surface area contributed by atoms with E-state index < -0.39 is 17.9 Å². The molecule has 108 valence electrons. The van der Waals surface area contributed by atoms with Gasteiger partial charge in [-0.15, -0.1) is 0 Å². The van der Waals surface area contributed by atoms with Crippen LogP contribution in [0.25, 0.3) is 0 Å². The molecule has 0 spiro atoms. The van der Waals surface area contributed by atoms with Crippen molar-refractivity contribution in [2.24, 2.45) is 5.92 Å². The van der Waals surface area contributed by atoms with E-state index >= 15 is 0 Å². The third-order valence-electron chi connectivity index (χ3n) is 3.54. The lowest BCUT2D eigenvalue weighted by Crippen LogP contribution is -2.36. The number of nitrogens with zero attached hydrogens (tertiary/aromatic N) is 1. The molecule has 1 fully saturated rings. The highest BCUT2D eigenvalue weighted by Gasteiger charge is 2.46. The predicted octanol–water partition coefficient (Wildman–Crippen LogP) is 3.38. The minimum Gasteiger partial charge on any atom is -0.481 e. The lowest BCUT2D eigenvalue weighted by atomic mass is 9.93. The average Bonchev–Trinajstić information content (AvgIpc) is 2.70. The Labute approximate surface area is 127 Å². The topological polar surface area (TPSA) is 57.6 Å². The van der Waals surface area contributed by atoms with Gasteiger partial charge in [0, 0.05) is 12.5 Å². The van der Waals surface area contributed by atoms with E-state index in [0.29, 0.717) is 15.6 Å². The van der Waals surface area contributed by atoms with Crippen molar-refractivity contribution in [2.45, 2.75) is 32.4 Å². The molecule has 0 aliphatic carbocycles. The maximum absolute atomic E-state index is 12.1. The molecular weight excluding hydrogens is 301 g/mol. The van der Waals surface area contributed by atoms with Gasteiger partial charge >= 0.3 is 5.97 Å². The molecule has 0 radical (unpaired) electrons.